The Morgan fingerprint density at radius 2 is 1.91 bits per heavy atom. The average Bonchev–Trinajstić information content (AvgIpc) is 3.08. The fraction of sp³-hybridized carbons (Fsp3) is 0.263. The van der Waals surface area contributed by atoms with E-state index < -0.39 is 0 Å². The molecule has 0 aliphatic carbocycles. The number of fused-ring (bicyclic) bond motifs is 1. The van der Waals surface area contributed by atoms with Gasteiger partial charge in [0, 0.05) is 11.4 Å². The van der Waals surface area contributed by atoms with Crippen molar-refractivity contribution in [1.82, 2.24) is 10.3 Å². The molecular formula is C19H20N2OS. The summed E-state index contributed by atoms with van der Waals surface area (Å²) in [6.45, 7) is 6.24. The second kappa shape index (κ2) is 6.50. The summed E-state index contributed by atoms with van der Waals surface area (Å²) in [4.78, 5) is 18.5. The number of thiophene rings is 1. The van der Waals surface area contributed by atoms with Crippen LogP contribution < -0.4 is 5.32 Å². The van der Waals surface area contributed by atoms with Crippen molar-refractivity contribution in [2.24, 2.45) is 5.92 Å². The van der Waals surface area contributed by atoms with Crippen molar-refractivity contribution < 1.29 is 4.79 Å². The van der Waals surface area contributed by atoms with E-state index in [1.165, 1.54) is 0 Å². The van der Waals surface area contributed by atoms with E-state index in [2.05, 4.69) is 19.2 Å². The van der Waals surface area contributed by atoms with E-state index in [0.29, 0.717) is 11.5 Å². The van der Waals surface area contributed by atoms with Crippen LogP contribution in [0.3, 0.4) is 0 Å². The van der Waals surface area contributed by atoms with Gasteiger partial charge in [0.1, 0.15) is 0 Å². The Hall–Kier alpha value is -2.20. The van der Waals surface area contributed by atoms with Crippen LogP contribution in [0.4, 0.5) is 0 Å². The quantitative estimate of drug-likeness (QED) is 0.753. The zero-order chi connectivity index (χ0) is 16.4. The van der Waals surface area contributed by atoms with Gasteiger partial charge in [-0.25, -0.2) is 4.98 Å². The summed E-state index contributed by atoms with van der Waals surface area (Å²) in [5.41, 5.74) is 2.38. The van der Waals surface area contributed by atoms with E-state index >= 15 is 0 Å². The predicted octanol–water partition coefficient (Wildman–Crippen LogP) is 4.74. The molecular weight excluding hydrogens is 304 g/mol. The van der Waals surface area contributed by atoms with Gasteiger partial charge in [-0.1, -0.05) is 38.1 Å². The summed E-state index contributed by atoms with van der Waals surface area (Å²) in [7, 11) is 0. The molecule has 3 nitrogen and oxygen atoms in total. The van der Waals surface area contributed by atoms with Gasteiger partial charge in [-0.05, 0) is 36.4 Å². The molecule has 1 amide bonds. The van der Waals surface area contributed by atoms with Crippen LogP contribution in [-0.4, -0.2) is 16.9 Å². The Bertz CT molecular complexity index is 825. The zero-order valence-corrected chi connectivity index (χ0v) is 14.4. The van der Waals surface area contributed by atoms with E-state index in [9.17, 15) is 4.79 Å². The van der Waals surface area contributed by atoms with Gasteiger partial charge in [0.2, 0.25) is 0 Å². The molecule has 0 bridgehead atoms. The molecule has 3 aromatic rings. The Morgan fingerprint density at radius 1 is 1.13 bits per heavy atom. The maximum absolute atomic E-state index is 12.8. The lowest BCUT2D eigenvalue weighted by Crippen LogP contribution is -2.36. The van der Waals surface area contributed by atoms with Gasteiger partial charge in [-0.2, -0.15) is 0 Å². The molecule has 1 atom stereocenters. The van der Waals surface area contributed by atoms with Crippen LogP contribution in [0.5, 0.6) is 0 Å². The highest BCUT2D eigenvalue weighted by Gasteiger charge is 2.17. The van der Waals surface area contributed by atoms with Crippen LogP contribution >= 0.6 is 11.3 Å². The van der Waals surface area contributed by atoms with Crippen molar-refractivity contribution in [2.75, 3.05) is 0 Å². The molecule has 1 aromatic carbocycles. The molecule has 2 aromatic heterocycles. The molecule has 3 rings (SSSR count). The number of hydrogen-bond donors (Lipinski definition) is 1. The third-order valence-electron chi connectivity index (χ3n) is 4.09. The first-order chi connectivity index (χ1) is 11.1. The Kier molecular flexibility index (Phi) is 4.44. The third-order valence-corrected chi connectivity index (χ3v) is 4.99. The van der Waals surface area contributed by atoms with Crippen molar-refractivity contribution >= 4 is 28.1 Å². The molecule has 0 saturated heterocycles. The van der Waals surface area contributed by atoms with Crippen LogP contribution in [0, 0.1) is 5.92 Å². The Labute approximate surface area is 140 Å². The second-order valence-electron chi connectivity index (χ2n) is 6.06. The fourth-order valence-corrected chi connectivity index (χ4v) is 3.05. The second-order valence-corrected chi connectivity index (χ2v) is 7.00. The van der Waals surface area contributed by atoms with Crippen LogP contribution in [0.15, 0.2) is 47.8 Å². The maximum Gasteiger partial charge on any atom is 0.252 e. The highest BCUT2D eigenvalue weighted by Crippen LogP contribution is 2.28. The van der Waals surface area contributed by atoms with Gasteiger partial charge in [0.25, 0.3) is 5.91 Å². The maximum atomic E-state index is 12.8. The Morgan fingerprint density at radius 3 is 2.61 bits per heavy atom. The molecule has 0 aliphatic rings. The minimum atomic E-state index is -0.0393. The number of benzene rings is 1. The number of carbonyl (C=O) groups excluding carboxylic acids is 1. The SMILES string of the molecule is CC(C)C(C)NC(=O)c1cc(-c2cccs2)nc2ccccc12. The van der Waals surface area contributed by atoms with Gasteiger partial charge in [0.15, 0.2) is 0 Å². The predicted molar refractivity (Wildman–Crippen MR) is 96.8 cm³/mol. The highest BCUT2D eigenvalue weighted by atomic mass is 32.1. The molecule has 0 aliphatic heterocycles. The lowest BCUT2D eigenvalue weighted by atomic mass is 10.0. The van der Waals surface area contributed by atoms with Gasteiger partial charge in [-0.15, -0.1) is 11.3 Å². The first-order valence-electron chi connectivity index (χ1n) is 7.81. The number of hydrogen-bond acceptors (Lipinski definition) is 3. The molecule has 2 heterocycles. The molecule has 4 heteroatoms. The summed E-state index contributed by atoms with van der Waals surface area (Å²) < 4.78 is 0. The van der Waals surface area contributed by atoms with E-state index in [1.54, 1.807) is 11.3 Å². The van der Waals surface area contributed by atoms with Crippen LogP contribution in [0.1, 0.15) is 31.1 Å². The van der Waals surface area contributed by atoms with E-state index in [1.807, 2.05) is 54.8 Å². The number of para-hydroxylation sites is 1. The summed E-state index contributed by atoms with van der Waals surface area (Å²) >= 11 is 1.63. The molecule has 1 unspecified atom stereocenters. The van der Waals surface area contributed by atoms with Gasteiger partial charge in [0.05, 0.1) is 21.7 Å². The first kappa shape index (κ1) is 15.7. The number of nitrogens with zero attached hydrogens (tertiary/aromatic N) is 1. The summed E-state index contributed by atoms with van der Waals surface area (Å²) in [5.74, 6) is 0.353. The lowest BCUT2D eigenvalue weighted by molar-refractivity contribution is 0.0932. The number of nitrogens with one attached hydrogen (secondary N) is 1. The van der Waals surface area contributed by atoms with E-state index in [0.717, 1.165) is 21.5 Å². The Balaban J connectivity index is 2.09. The molecule has 118 valence electrons. The number of rotatable bonds is 4. The van der Waals surface area contributed by atoms with E-state index in [4.69, 9.17) is 4.98 Å². The lowest BCUT2D eigenvalue weighted by Gasteiger charge is -2.18. The number of aromatic nitrogens is 1. The van der Waals surface area contributed by atoms with Crippen molar-refractivity contribution in [1.29, 1.82) is 0 Å². The van der Waals surface area contributed by atoms with Crippen LogP contribution in [0.2, 0.25) is 0 Å². The smallest absolute Gasteiger partial charge is 0.252 e. The minimum absolute atomic E-state index is 0.0393. The molecule has 23 heavy (non-hydrogen) atoms. The molecule has 0 radical (unpaired) electrons. The van der Waals surface area contributed by atoms with Gasteiger partial charge >= 0.3 is 0 Å². The highest BCUT2D eigenvalue weighted by molar-refractivity contribution is 7.13. The number of pyridine rings is 1. The normalized spacial score (nSPS) is 12.5. The number of carbonyl (C=O) groups is 1. The number of amides is 1. The van der Waals surface area contributed by atoms with Gasteiger partial charge < -0.3 is 5.32 Å². The third kappa shape index (κ3) is 3.27. The summed E-state index contributed by atoms with van der Waals surface area (Å²) in [6, 6.07) is 13.8. The van der Waals surface area contributed by atoms with Crippen molar-refractivity contribution in [3.63, 3.8) is 0 Å². The summed E-state index contributed by atoms with van der Waals surface area (Å²) in [5, 5.41) is 6.01. The molecule has 0 spiro atoms. The first-order valence-corrected chi connectivity index (χ1v) is 8.68. The average molecular weight is 324 g/mol. The van der Waals surface area contributed by atoms with Crippen LogP contribution in [0.25, 0.3) is 21.5 Å². The minimum Gasteiger partial charge on any atom is -0.349 e. The van der Waals surface area contributed by atoms with Crippen molar-refractivity contribution in [3.05, 3.63) is 53.4 Å². The zero-order valence-electron chi connectivity index (χ0n) is 13.5. The standard InChI is InChI=1S/C19H20N2OS/c1-12(2)13(3)20-19(22)15-11-17(18-9-6-10-23-18)21-16-8-5-4-7-14(15)16/h4-13H,1-3H3,(H,20,22). The largest absolute Gasteiger partial charge is 0.349 e. The van der Waals surface area contributed by atoms with Crippen molar-refractivity contribution in [2.45, 2.75) is 26.8 Å². The topological polar surface area (TPSA) is 42.0 Å². The molecule has 0 fully saturated rings. The fourth-order valence-electron chi connectivity index (χ4n) is 2.36. The van der Waals surface area contributed by atoms with Crippen molar-refractivity contribution in [3.8, 4) is 10.6 Å². The van der Waals surface area contributed by atoms with Gasteiger partial charge in [-0.3, -0.25) is 4.79 Å². The van der Waals surface area contributed by atoms with E-state index in [-0.39, 0.29) is 11.9 Å². The molecule has 1 N–H and O–H groups in total. The van der Waals surface area contributed by atoms with Crippen LogP contribution in [-0.2, 0) is 0 Å². The summed E-state index contributed by atoms with van der Waals surface area (Å²) in [6.07, 6.45) is 0. The molecule has 0 saturated carbocycles. The monoisotopic (exact) mass is 324 g/mol.